The molecule has 204 valence electrons. The fourth-order valence-electron chi connectivity index (χ4n) is 4.79. The van der Waals surface area contributed by atoms with E-state index < -0.39 is 57.8 Å². The van der Waals surface area contributed by atoms with Crippen molar-refractivity contribution < 1.29 is 29.1 Å². The van der Waals surface area contributed by atoms with Gasteiger partial charge in [-0.05, 0) is 37.5 Å². The van der Waals surface area contributed by atoms with Crippen molar-refractivity contribution in [2.75, 3.05) is 5.32 Å². The fourth-order valence-corrected chi connectivity index (χ4v) is 6.42. The number of β-lactam (4-membered cyclic amide) rings is 1. The minimum absolute atomic E-state index is 0.476. The van der Waals surface area contributed by atoms with Crippen LogP contribution in [-0.4, -0.2) is 61.8 Å². The summed E-state index contributed by atoms with van der Waals surface area (Å²) in [7, 11) is 0. The Bertz CT molecular complexity index is 1330. The molecule has 1 unspecified atom stereocenters. The van der Waals surface area contributed by atoms with Crippen LogP contribution in [0.4, 0.5) is 5.69 Å². The van der Waals surface area contributed by atoms with Gasteiger partial charge in [0.25, 0.3) is 0 Å². The van der Waals surface area contributed by atoms with Gasteiger partial charge in [-0.15, -0.1) is 11.8 Å². The number of carboxylic acids is 1. The van der Waals surface area contributed by atoms with Gasteiger partial charge in [-0.1, -0.05) is 55.5 Å². The Labute approximate surface area is 230 Å². The highest BCUT2D eigenvalue weighted by Crippen LogP contribution is 2.50. The number of rotatable bonds is 9. The van der Waals surface area contributed by atoms with E-state index in [0.717, 1.165) is 24.1 Å². The van der Waals surface area contributed by atoms with Crippen LogP contribution >= 0.6 is 11.8 Å². The minimum Gasteiger partial charge on any atom is -0.480 e. The first kappa shape index (κ1) is 27.9. The van der Waals surface area contributed by atoms with Gasteiger partial charge < -0.3 is 26.0 Å². The van der Waals surface area contributed by atoms with Crippen molar-refractivity contribution >= 4 is 47.0 Å². The van der Waals surface area contributed by atoms with Crippen molar-refractivity contribution in [2.45, 2.75) is 55.4 Å². The van der Waals surface area contributed by atoms with E-state index in [1.807, 2.05) is 19.1 Å². The molecule has 0 aromatic heterocycles. The van der Waals surface area contributed by atoms with E-state index in [2.05, 4.69) is 16.0 Å². The molecule has 2 aliphatic rings. The predicted octanol–water partition coefficient (Wildman–Crippen LogP) is 2.23. The highest BCUT2D eigenvalue weighted by molar-refractivity contribution is 8.01. The van der Waals surface area contributed by atoms with E-state index in [4.69, 9.17) is 0 Å². The number of aryl methyl sites for hydroxylation is 1. The number of nitrogens with one attached hydrogen (secondary N) is 3. The highest BCUT2D eigenvalue weighted by Gasteiger charge is 2.64. The molecule has 2 fully saturated rings. The van der Waals surface area contributed by atoms with Gasteiger partial charge in [-0.25, -0.2) is 4.79 Å². The molecule has 10 nitrogen and oxygen atoms in total. The smallest absolute Gasteiger partial charge is 0.327 e. The Hall–Kier alpha value is -4.12. The molecule has 4 amide bonds. The summed E-state index contributed by atoms with van der Waals surface area (Å²) >= 11 is 1.31. The van der Waals surface area contributed by atoms with Gasteiger partial charge in [0, 0.05) is 22.6 Å². The van der Waals surface area contributed by atoms with Crippen LogP contribution in [0.2, 0.25) is 0 Å². The summed E-state index contributed by atoms with van der Waals surface area (Å²) in [4.78, 5) is 64.3. The first-order valence-electron chi connectivity index (χ1n) is 12.5. The van der Waals surface area contributed by atoms with Crippen LogP contribution in [0.3, 0.4) is 0 Å². The summed E-state index contributed by atoms with van der Waals surface area (Å²) in [6, 6.07) is 12.8. The van der Waals surface area contributed by atoms with Gasteiger partial charge >= 0.3 is 5.97 Å². The zero-order chi connectivity index (χ0) is 28.3. The van der Waals surface area contributed by atoms with Crippen molar-refractivity contribution in [3.63, 3.8) is 0 Å². The molecule has 0 radical (unpaired) electrons. The van der Waals surface area contributed by atoms with Gasteiger partial charge in [0.15, 0.2) is 0 Å². The molecule has 11 heteroatoms. The van der Waals surface area contributed by atoms with Gasteiger partial charge in [0.1, 0.15) is 23.5 Å². The number of thioether (sulfide) groups is 1. The van der Waals surface area contributed by atoms with Crippen LogP contribution in [0, 0.1) is 0 Å². The summed E-state index contributed by atoms with van der Waals surface area (Å²) in [6.45, 7) is 5.46. The quantitative estimate of drug-likeness (QED) is 0.277. The second kappa shape index (κ2) is 11.3. The minimum atomic E-state index is -1.15. The number of carbonyl (C=O) groups excluding carboxylic acids is 4. The molecule has 39 heavy (non-hydrogen) atoms. The first-order chi connectivity index (χ1) is 18.5. The van der Waals surface area contributed by atoms with E-state index >= 15 is 0 Å². The van der Waals surface area contributed by atoms with Crippen molar-refractivity contribution in [2.24, 2.45) is 0 Å². The first-order valence-corrected chi connectivity index (χ1v) is 13.4. The standard InChI is InChI=1S/C28H30N4O6S/c1-4-16-10-8-9-13-18(16)29-19(33)14-15-20(34)30-21(17-11-6-5-7-12-17)24(35)31-22-25(36)32-23(27(37)38)28(2,3)39-26(22)32/h5-15,21-23,26H,4H2,1-3H3,(H,29,33)(H,30,34)(H,31,35)(H,37,38)/b15-14+/t21?,22-,23+,26-/m1/s1. The zero-order valence-corrected chi connectivity index (χ0v) is 22.5. The molecule has 2 aliphatic heterocycles. The SMILES string of the molecule is CCc1ccccc1NC(=O)/C=C/C(=O)NC(C(=O)N[C@@H]1C(=O)N2[C@@H]1SC(C)(C)[C@@H]2C(=O)O)c1ccccc1. The molecule has 0 saturated carbocycles. The average molecular weight is 551 g/mol. The van der Waals surface area contributed by atoms with Crippen molar-refractivity contribution in [1.29, 1.82) is 0 Å². The number of amides is 4. The number of para-hydroxylation sites is 1. The molecule has 4 atom stereocenters. The molecule has 0 aliphatic carbocycles. The molecule has 0 bridgehead atoms. The topological polar surface area (TPSA) is 145 Å². The number of fused-ring (bicyclic) bond motifs is 1. The summed E-state index contributed by atoms with van der Waals surface area (Å²) in [6.07, 6.45) is 2.85. The second-order valence-corrected chi connectivity index (χ2v) is 11.5. The van der Waals surface area contributed by atoms with Crippen molar-refractivity contribution in [3.8, 4) is 0 Å². The maximum Gasteiger partial charge on any atom is 0.327 e. The predicted molar refractivity (Wildman–Crippen MR) is 147 cm³/mol. The lowest BCUT2D eigenvalue weighted by Gasteiger charge is -2.44. The second-order valence-electron chi connectivity index (χ2n) is 9.77. The molecular formula is C28H30N4O6S. The molecular weight excluding hydrogens is 520 g/mol. The molecule has 2 heterocycles. The highest BCUT2D eigenvalue weighted by atomic mass is 32.2. The fraction of sp³-hybridized carbons (Fsp3) is 0.321. The van der Waals surface area contributed by atoms with Crippen LogP contribution in [-0.2, 0) is 30.4 Å². The van der Waals surface area contributed by atoms with Crippen LogP contribution in [0.15, 0.2) is 66.7 Å². The Morgan fingerprint density at radius 2 is 1.67 bits per heavy atom. The lowest BCUT2D eigenvalue weighted by atomic mass is 9.95. The summed E-state index contributed by atoms with van der Waals surface area (Å²) in [5.41, 5.74) is 2.07. The van der Waals surface area contributed by atoms with Gasteiger partial charge in [-0.3, -0.25) is 19.2 Å². The summed E-state index contributed by atoms with van der Waals surface area (Å²) in [5.74, 6) is -3.39. The van der Waals surface area contributed by atoms with Crippen LogP contribution in [0.25, 0.3) is 0 Å². The normalized spacial score (nSPS) is 22.0. The van der Waals surface area contributed by atoms with Crippen LogP contribution in [0.1, 0.15) is 37.9 Å². The van der Waals surface area contributed by atoms with Gasteiger partial charge in [0.05, 0.1) is 0 Å². The lowest BCUT2D eigenvalue weighted by molar-refractivity contribution is -0.161. The van der Waals surface area contributed by atoms with E-state index in [9.17, 15) is 29.1 Å². The zero-order valence-electron chi connectivity index (χ0n) is 21.7. The van der Waals surface area contributed by atoms with Crippen LogP contribution in [0.5, 0.6) is 0 Å². The molecule has 4 N–H and O–H groups in total. The Kier molecular flexibility index (Phi) is 8.10. The van der Waals surface area contributed by atoms with Gasteiger partial charge in [-0.2, -0.15) is 0 Å². The number of hydrogen-bond donors (Lipinski definition) is 4. The van der Waals surface area contributed by atoms with Crippen molar-refractivity contribution in [3.05, 3.63) is 77.9 Å². The Morgan fingerprint density at radius 3 is 2.33 bits per heavy atom. The number of carboxylic acid groups (broad SMARTS) is 1. The monoisotopic (exact) mass is 550 g/mol. The largest absolute Gasteiger partial charge is 0.480 e. The van der Waals surface area contributed by atoms with Crippen molar-refractivity contribution in [1.82, 2.24) is 15.5 Å². The number of benzene rings is 2. The van der Waals surface area contributed by atoms with Crippen LogP contribution < -0.4 is 16.0 Å². The third kappa shape index (κ3) is 5.83. The number of nitrogens with zero attached hydrogens (tertiary/aromatic N) is 1. The Balaban J connectivity index is 1.44. The Morgan fingerprint density at radius 1 is 1.03 bits per heavy atom. The summed E-state index contributed by atoms with van der Waals surface area (Å²) < 4.78 is -0.734. The number of anilines is 1. The third-order valence-corrected chi connectivity index (χ3v) is 8.27. The van der Waals surface area contributed by atoms with E-state index in [0.29, 0.717) is 11.3 Å². The molecule has 2 aromatic carbocycles. The summed E-state index contributed by atoms with van der Waals surface area (Å²) in [5, 5.41) is 17.1. The van der Waals surface area contributed by atoms with E-state index in [1.165, 1.54) is 16.7 Å². The maximum atomic E-state index is 13.3. The number of hydrogen-bond acceptors (Lipinski definition) is 6. The maximum absolute atomic E-state index is 13.3. The van der Waals surface area contributed by atoms with E-state index in [1.54, 1.807) is 56.3 Å². The van der Waals surface area contributed by atoms with Gasteiger partial charge in [0.2, 0.25) is 23.6 Å². The lowest BCUT2D eigenvalue weighted by Crippen LogP contribution is -2.71. The molecule has 4 rings (SSSR count). The number of aliphatic carboxylic acids is 1. The average Bonchev–Trinajstić information content (AvgIpc) is 3.17. The third-order valence-electron chi connectivity index (χ3n) is 6.70. The molecule has 2 saturated heterocycles. The molecule has 0 spiro atoms. The van der Waals surface area contributed by atoms with E-state index in [-0.39, 0.29) is 0 Å². The molecule has 2 aromatic rings. The number of carbonyl (C=O) groups is 5.